The molecule has 178 valence electrons. The molecule has 9 nitrogen and oxygen atoms in total. The summed E-state index contributed by atoms with van der Waals surface area (Å²) in [6.45, 7) is 1.09. The number of esters is 1. The molecule has 1 heterocycles. The molecular formula is C23H21BrN2O7S. The van der Waals surface area contributed by atoms with Crippen molar-refractivity contribution in [1.82, 2.24) is 4.90 Å². The van der Waals surface area contributed by atoms with Gasteiger partial charge >= 0.3 is 5.97 Å². The van der Waals surface area contributed by atoms with Crippen LogP contribution in [0.15, 0.2) is 51.8 Å². The van der Waals surface area contributed by atoms with Crippen molar-refractivity contribution in [3.63, 3.8) is 0 Å². The lowest BCUT2D eigenvalue weighted by atomic mass is 10.2. The lowest BCUT2D eigenvalue weighted by Gasteiger charge is -2.14. The highest BCUT2D eigenvalue weighted by atomic mass is 79.9. The maximum atomic E-state index is 12.6. The number of hydrogen-bond donors (Lipinski definition) is 1. The zero-order valence-electron chi connectivity index (χ0n) is 18.3. The summed E-state index contributed by atoms with van der Waals surface area (Å²) >= 11 is 4.12. The van der Waals surface area contributed by atoms with Gasteiger partial charge in [0, 0.05) is 5.69 Å². The average Bonchev–Trinajstić information content (AvgIpc) is 3.06. The van der Waals surface area contributed by atoms with Crippen molar-refractivity contribution in [1.29, 1.82) is 0 Å². The molecule has 2 aromatic carbocycles. The lowest BCUT2D eigenvalue weighted by molar-refractivity contribution is -0.146. The smallest absolute Gasteiger partial charge is 0.326 e. The van der Waals surface area contributed by atoms with Crippen LogP contribution in [0, 0.1) is 0 Å². The minimum atomic E-state index is -0.659. The van der Waals surface area contributed by atoms with Crippen molar-refractivity contribution in [3.8, 4) is 11.5 Å². The van der Waals surface area contributed by atoms with Crippen LogP contribution in [0.3, 0.4) is 0 Å². The number of nitrogens with zero attached hydrogens (tertiary/aromatic N) is 1. The number of rotatable bonds is 9. The largest absolute Gasteiger partial charge is 0.493 e. The van der Waals surface area contributed by atoms with Crippen LogP contribution < -0.4 is 14.8 Å². The standard InChI is InChI=1S/C23H21BrN2O7S/c1-3-32-20(28)12-26-22(29)18(34-23(26)30)11-14-9-16(24)21(17(10-14)31-2)33-13-19(27)25-15-7-5-4-6-8-15/h4-11H,3,12-13H2,1-2H3,(H,25,27)/b18-11+. The Kier molecular flexibility index (Phi) is 8.72. The first-order chi connectivity index (χ1) is 16.3. The van der Waals surface area contributed by atoms with Crippen molar-refractivity contribution in [2.24, 2.45) is 0 Å². The number of para-hydroxylation sites is 1. The molecule has 1 N–H and O–H groups in total. The van der Waals surface area contributed by atoms with Crippen LogP contribution in [0.2, 0.25) is 0 Å². The van der Waals surface area contributed by atoms with Crippen molar-refractivity contribution < 1.29 is 33.4 Å². The topological polar surface area (TPSA) is 111 Å². The van der Waals surface area contributed by atoms with E-state index in [2.05, 4.69) is 21.2 Å². The van der Waals surface area contributed by atoms with E-state index in [1.165, 1.54) is 13.2 Å². The maximum absolute atomic E-state index is 12.6. The van der Waals surface area contributed by atoms with Gasteiger partial charge in [0.1, 0.15) is 6.54 Å². The number of carbonyl (C=O) groups excluding carboxylic acids is 4. The average molecular weight is 549 g/mol. The Balaban J connectivity index is 1.72. The summed E-state index contributed by atoms with van der Waals surface area (Å²) in [6.07, 6.45) is 1.51. The maximum Gasteiger partial charge on any atom is 0.326 e. The highest BCUT2D eigenvalue weighted by molar-refractivity contribution is 9.10. The van der Waals surface area contributed by atoms with Crippen LogP contribution in [0.5, 0.6) is 11.5 Å². The molecule has 0 radical (unpaired) electrons. The van der Waals surface area contributed by atoms with Gasteiger partial charge in [0.05, 0.1) is 23.1 Å². The zero-order valence-corrected chi connectivity index (χ0v) is 20.7. The fourth-order valence-corrected chi connectivity index (χ4v) is 4.36. The first-order valence-corrected chi connectivity index (χ1v) is 11.7. The van der Waals surface area contributed by atoms with Gasteiger partial charge < -0.3 is 19.5 Å². The lowest BCUT2D eigenvalue weighted by Crippen LogP contribution is -2.34. The molecular weight excluding hydrogens is 528 g/mol. The molecule has 0 saturated carbocycles. The summed E-state index contributed by atoms with van der Waals surface area (Å²) in [4.78, 5) is 49.6. The van der Waals surface area contributed by atoms with Gasteiger partial charge in [0.2, 0.25) is 0 Å². The number of thioether (sulfide) groups is 1. The van der Waals surface area contributed by atoms with E-state index in [0.717, 1.165) is 16.7 Å². The fourth-order valence-electron chi connectivity index (χ4n) is 2.94. The molecule has 0 atom stereocenters. The molecule has 0 bridgehead atoms. The van der Waals surface area contributed by atoms with Crippen molar-refractivity contribution in [2.45, 2.75) is 6.92 Å². The first-order valence-electron chi connectivity index (χ1n) is 10.1. The third-order valence-corrected chi connectivity index (χ3v) is 5.92. The van der Waals surface area contributed by atoms with Gasteiger partial charge in [-0.3, -0.25) is 24.1 Å². The van der Waals surface area contributed by atoms with Crippen LogP contribution >= 0.6 is 27.7 Å². The highest BCUT2D eigenvalue weighted by Crippen LogP contribution is 2.39. The number of nitrogens with one attached hydrogen (secondary N) is 1. The van der Waals surface area contributed by atoms with E-state index in [1.54, 1.807) is 43.3 Å². The third-order valence-electron chi connectivity index (χ3n) is 4.42. The Morgan fingerprint density at radius 3 is 2.59 bits per heavy atom. The van der Waals surface area contributed by atoms with Crippen LogP contribution in [-0.4, -0.2) is 54.8 Å². The summed E-state index contributed by atoms with van der Waals surface area (Å²) in [5.41, 5.74) is 1.20. The van der Waals surface area contributed by atoms with Crippen molar-refractivity contribution >= 4 is 62.5 Å². The second-order valence-electron chi connectivity index (χ2n) is 6.81. The number of amides is 3. The number of halogens is 1. The molecule has 0 aromatic heterocycles. The second kappa shape index (κ2) is 11.7. The fraction of sp³-hybridized carbons (Fsp3) is 0.217. The van der Waals surface area contributed by atoms with E-state index in [-0.39, 0.29) is 24.0 Å². The molecule has 11 heteroatoms. The van der Waals surface area contributed by atoms with Gasteiger partial charge in [-0.1, -0.05) is 18.2 Å². The van der Waals surface area contributed by atoms with E-state index in [9.17, 15) is 19.2 Å². The Morgan fingerprint density at radius 1 is 1.18 bits per heavy atom. The summed E-state index contributed by atoms with van der Waals surface area (Å²) in [7, 11) is 1.44. The molecule has 1 aliphatic heterocycles. The number of methoxy groups -OCH3 is 1. The highest BCUT2D eigenvalue weighted by Gasteiger charge is 2.36. The number of imide groups is 1. The summed E-state index contributed by atoms with van der Waals surface area (Å²) in [6, 6.07) is 12.2. The van der Waals surface area contributed by atoms with Crippen LogP contribution in [0.25, 0.3) is 6.08 Å². The van der Waals surface area contributed by atoms with Gasteiger partial charge in [-0.15, -0.1) is 0 Å². The van der Waals surface area contributed by atoms with E-state index in [0.29, 0.717) is 27.2 Å². The molecule has 1 aliphatic rings. The van der Waals surface area contributed by atoms with E-state index in [1.807, 2.05) is 6.07 Å². The van der Waals surface area contributed by atoms with Gasteiger partial charge in [0.15, 0.2) is 18.1 Å². The first kappa shape index (κ1) is 25.3. The Morgan fingerprint density at radius 2 is 1.91 bits per heavy atom. The number of benzene rings is 2. The molecule has 0 unspecified atom stereocenters. The Hall–Kier alpha value is -3.31. The van der Waals surface area contributed by atoms with Gasteiger partial charge in [-0.05, 0) is 70.5 Å². The molecule has 34 heavy (non-hydrogen) atoms. The minimum Gasteiger partial charge on any atom is -0.493 e. The molecule has 2 aromatic rings. The number of carbonyl (C=O) groups is 4. The predicted octanol–water partition coefficient (Wildman–Crippen LogP) is 4.07. The molecule has 1 saturated heterocycles. The van der Waals surface area contributed by atoms with E-state index in [4.69, 9.17) is 14.2 Å². The molecule has 0 spiro atoms. The van der Waals surface area contributed by atoms with Gasteiger partial charge in [0.25, 0.3) is 17.1 Å². The Labute approximate surface area is 208 Å². The predicted molar refractivity (Wildman–Crippen MR) is 131 cm³/mol. The number of anilines is 1. The van der Waals surface area contributed by atoms with Gasteiger partial charge in [-0.25, -0.2) is 0 Å². The quantitative estimate of drug-likeness (QED) is 0.368. The summed E-state index contributed by atoms with van der Waals surface area (Å²) < 4.78 is 16.3. The van der Waals surface area contributed by atoms with Gasteiger partial charge in [-0.2, -0.15) is 0 Å². The minimum absolute atomic E-state index is 0.152. The molecule has 1 fully saturated rings. The normalized spacial score (nSPS) is 14.3. The van der Waals surface area contributed by atoms with E-state index < -0.39 is 23.7 Å². The summed E-state index contributed by atoms with van der Waals surface area (Å²) in [5, 5.41) is 2.17. The van der Waals surface area contributed by atoms with Crippen LogP contribution in [-0.2, 0) is 19.1 Å². The third kappa shape index (κ3) is 6.39. The van der Waals surface area contributed by atoms with Crippen LogP contribution in [0.4, 0.5) is 10.5 Å². The molecule has 0 aliphatic carbocycles. The SMILES string of the molecule is CCOC(=O)CN1C(=O)S/C(=C/c2cc(Br)c(OCC(=O)Nc3ccccc3)c(OC)c2)C1=O. The number of ether oxygens (including phenoxy) is 3. The van der Waals surface area contributed by atoms with Crippen molar-refractivity contribution in [2.75, 3.05) is 32.2 Å². The monoisotopic (exact) mass is 548 g/mol. The second-order valence-corrected chi connectivity index (χ2v) is 8.66. The number of hydrogen-bond acceptors (Lipinski definition) is 8. The van der Waals surface area contributed by atoms with Crippen molar-refractivity contribution in [3.05, 3.63) is 57.4 Å². The Bertz CT molecular complexity index is 1140. The summed E-state index contributed by atoms with van der Waals surface area (Å²) in [5.74, 6) is -0.971. The van der Waals surface area contributed by atoms with Crippen LogP contribution in [0.1, 0.15) is 12.5 Å². The zero-order chi connectivity index (χ0) is 24.7. The molecule has 3 rings (SSSR count). The van der Waals surface area contributed by atoms with E-state index >= 15 is 0 Å². The molecule has 3 amide bonds.